The van der Waals surface area contributed by atoms with E-state index in [2.05, 4.69) is 21.2 Å². The Kier molecular flexibility index (Phi) is 8.85. The van der Waals surface area contributed by atoms with Crippen LogP contribution in [0.15, 0.2) is 77.3 Å². The van der Waals surface area contributed by atoms with Crippen LogP contribution in [0.25, 0.3) is 22.2 Å². The minimum Gasteiger partial charge on any atom is -0.488 e. The molecule has 0 aliphatic heterocycles. The van der Waals surface area contributed by atoms with Gasteiger partial charge in [0.15, 0.2) is 0 Å². The lowest BCUT2D eigenvalue weighted by Crippen LogP contribution is -2.67. The third kappa shape index (κ3) is 6.81. The van der Waals surface area contributed by atoms with Gasteiger partial charge in [-0.2, -0.15) is 13.2 Å². The Morgan fingerprint density at radius 1 is 0.958 bits per heavy atom. The summed E-state index contributed by atoms with van der Waals surface area (Å²) in [6, 6.07) is 21.3. The first-order valence-electron chi connectivity index (χ1n) is 16.1. The standard InChI is InChI=1S/C38H38BrF3N2O4/c1-23-31(27-20-26(39)14-15-28(27)43-32(23)24-10-6-5-7-11-24)33(45)44-37-18-16-36(17-19-37,34(46)48-35(2,3)4)22-30(37)47-29-13-9-8-12-25(29)21-38(40,41)42/h5-15,20,30H,16-19,21-22H2,1-4H3,(H,44,45). The van der Waals surface area contributed by atoms with Crippen molar-refractivity contribution in [1.29, 1.82) is 0 Å². The maximum atomic E-state index is 14.6. The number of carbonyl (C=O) groups is 2. The van der Waals surface area contributed by atoms with Crippen molar-refractivity contribution in [2.45, 2.75) is 89.6 Å². The Bertz CT molecular complexity index is 1860. The Hall–Kier alpha value is -3.92. The molecule has 1 unspecified atom stereocenters. The van der Waals surface area contributed by atoms with Crippen LogP contribution in [0.3, 0.4) is 0 Å². The molecule has 6 nitrogen and oxygen atoms in total. The Balaban J connectivity index is 1.42. The van der Waals surface area contributed by atoms with E-state index in [0.717, 1.165) is 10.0 Å². The van der Waals surface area contributed by atoms with Crippen LogP contribution >= 0.6 is 15.9 Å². The smallest absolute Gasteiger partial charge is 0.393 e. The molecule has 7 rings (SSSR count). The number of amides is 1. The number of benzene rings is 3. The summed E-state index contributed by atoms with van der Waals surface area (Å²) in [5.74, 6) is -0.597. The van der Waals surface area contributed by atoms with Gasteiger partial charge >= 0.3 is 12.1 Å². The summed E-state index contributed by atoms with van der Waals surface area (Å²) in [5, 5.41) is 3.99. The number of carbonyl (C=O) groups excluding carboxylic acids is 2. The van der Waals surface area contributed by atoms with Crippen molar-refractivity contribution >= 4 is 38.7 Å². The van der Waals surface area contributed by atoms with Crippen LogP contribution in [0.5, 0.6) is 5.75 Å². The molecular formula is C38H38BrF3N2O4. The molecule has 252 valence electrons. The van der Waals surface area contributed by atoms with Gasteiger partial charge in [-0.15, -0.1) is 0 Å². The second-order valence-corrected chi connectivity index (χ2v) is 15.0. The van der Waals surface area contributed by atoms with Crippen molar-refractivity contribution in [3.63, 3.8) is 0 Å². The van der Waals surface area contributed by atoms with Crippen LogP contribution in [-0.2, 0) is 16.0 Å². The summed E-state index contributed by atoms with van der Waals surface area (Å²) >= 11 is 3.54. The number of aromatic nitrogens is 1. The molecule has 3 aromatic carbocycles. The first kappa shape index (κ1) is 34.0. The maximum Gasteiger partial charge on any atom is 0.393 e. The number of esters is 1. The molecule has 4 aromatic rings. The van der Waals surface area contributed by atoms with Gasteiger partial charge in [-0.05, 0) is 83.2 Å². The van der Waals surface area contributed by atoms with E-state index in [9.17, 15) is 22.8 Å². The summed E-state index contributed by atoms with van der Waals surface area (Å²) in [7, 11) is 0. The predicted molar refractivity (Wildman–Crippen MR) is 182 cm³/mol. The highest BCUT2D eigenvalue weighted by Gasteiger charge is 2.60. The lowest BCUT2D eigenvalue weighted by Gasteiger charge is -2.56. The van der Waals surface area contributed by atoms with E-state index in [1.165, 1.54) is 12.1 Å². The molecule has 0 spiro atoms. The van der Waals surface area contributed by atoms with Crippen LogP contribution in [0.4, 0.5) is 13.2 Å². The molecule has 1 aromatic heterocycles. The van der Waals surface area contributed by atoms with Crippen LogP contribution in [0.1, 0.15) is 74.4 Å². The first-order valence-corrected chi connectivity index (χ1v) is 16.9. The normalized spacial score (nSPS) is 22.4. The van der Waals surface area contributed by atoms with E-state index in [-0.39, 0.29) is 29.6 Å². The number of nitrogens with zero attached hydrogens (tertiary/aromatic N) is 1. The number of pyridine rings is 1. The number of rotatable bonds is 7. The molecule has 3 aliphatic carbocycles. The minimum atomic E-state index is -4.45. The second kappa shape index (κ2) is 12.5. The highest BCUT2D eigenvalue weighted by molar-refractivity contribution is 9.10. The van der Waals surface area contributed by atoms with Gasteiger partial charge in [0, 0.05) is 27.4 Å². The lowest BCUT2D eigenvalue weighted by atomic mass is 9.55. The van der Waals surface area contributed by atoms with Crippen LogP contribution < -0.4 is 10.1 Å². The molecule has 1 N–H and O–H groups in total. The monoisotopic (exact) mass is 722 g/mol. The van der Waals surface area contributed by atoms with Crippen molar-refractivity contribution < 1.29 is 32.2 Å². The zero-order valence-electron chi connectivity index (χ0n) is 27.3. The SMILES string of the molecule is Cc1c(-c2ccccc2)nc2ccc(Br)cc2c1C(=O)NC12CCC(C(=O)OC(C)(C)C)(CC1)CC2Oc1ccccc1CC(F)(F)F. The molecule has 3 fully saturated rings. The average molecular weight is 724 g/mol. The Morgan fingerprint density at radius 3 is 2.29 bits per heavy atom. The van der Waals surface area contributed by atoms with Gasteiger partial charge in [-0.25, -0.2) is 4.98 Å². The topological polar surface area (TPSA) is 77.5 Å². The molecule has 48 heavy (non-hydrogen) atoms. The number of nitrogens with one attached hydrogen (secondary N) is 1. The van der Waals surface area contributed by atoms with Gasteiger partial charge in [-0.3, -0.25) is 9.59 Å². The average Bonchev–Trinajstić information content (AvgIpc) is 3.01. The van der Waals surface area contributed by atoms with Crippen molar-refractivity contribution in [3.8, 4) is 17.0 Å². The summed E-state index contributed by atoms with van der Waals surface area (Å²) in [5.41, 5.74) is 0.796. The number of alkyl halides is 3. The van der Waals surface area contributed by atoms with E-state index in [0.29, 0.717) is 53.4 Å². The molecule has 2 bridgehead atoms. The molecule has 1 amide bonds. The van der Waals surface area contributed by atoms with Crippen molar-refractivity contribution in [2.24, 2.45) is 5.41 Å². The molecule has 3 aliphatic rings. The van der Waals surface area contributed by atoms with Crippen molar-refractivity contribution in [3.05, 3.63) is 94.0 Å². The van der Waals surface area contributed by atoms with Gasteiger partial charge in [0.05, 0.1) is 34.1 Å². The predicted octanol–water partition coefficient (Wildman–Crippen LogP) is 9.30. The summed E-state index contributed by atoms with van der Waals surface area (Å²) < 4.78 is 53.9. The first-order chi connectivity index (χ1) is 22.6. The largest absolute Gasteiger partial charge is 0.488 e. The van der Waals surface area contributed by atoms with Gasteiger partial charge in [0.25, 0.3) is 5.91 Å². The van der Waals surface area contributed by atoms with Crippen molar-refractivity contribution in [1.82, 2.24) is 10.3 Å². The fraction of sp³-hybridized carbons (Fsp3) is 0.395. The molecule has 0 radical (unpaired) electrons. The third-order valence-electron chi connectivity index (χ3n) is 9.58. The fourth-order valence-electron chi connectivity index (χ4n) is 7.21. The summed E-state index contributed by atoms with van der Waals surface area (Å²) in [6.07, 6.45) is -4.53. The highest BCUT2D eigenvalue weighted by atomic mass is 79.9. The third-order valence-corrected chi connectivity index (χ3v) is 10.1. The highest BCUT2D eigenvalue weighted by Crippen LogP contribution is 2.55. The quantitative estimate of drug-likeness (QED) is 0.193. The number of fused-ring (bicyclic) bond motifs is 4. The molecule has 1 atom stereocenters. The Labute approximate surface area is 286 Å². The molecule has 1 heterocycles. The fourth-order valence-corrected chi connectivity index (χ4v) is 7.57. The zero-order valence-corrected chi connectivity index (χ0v) is 28.9. The van der Waals surface area contributed by atoms with E-state index >= 15 is 0 Å². The van der Waals surface area contributed by atoms with Crippen LogP contribution in [0, 0.1) is 12.3 Å². The number of halogens is 4. The van der Waals surface area contributed by atoms with E-state index in [1.807, 2.05) is 76.2 Å². The lowest BCUT2D eigenvalue weighted by molar-refractivity contribution is -0.181. The second-order valence-electron chi connectivity index (χ2n) is 14.1. The minimum absolute atomic E-state index is 0.00688. The van der Waals surface area contributed by atoms with Crippen LogP contribution in [0.2, 0.25) is 0 Å². The maximum absolute atomic E-state index is 14.6. The number of hydrogen-bond acceptors (Lipinski definition) is 5. The van der Waals surface area contributed by atoms with E-state index < -0.39 is 35.3 Å². The van der Waals surface area contributed by atoms with E-state index in [4.69, 9.17) is 14.5 Å². The van der Waals surface area contributed by atoms with Gasteiger partial charge in [0.2, 0.25) is 0 Å². The molecule has 3 saturated carbocycles. The zero-order chi connectivity index (χ0) is 34.5. The summed E-state index contributed by atoms with van der Waals surface area (Å²) in [6.45, 7) is 7.30. The number of hydrogen-bond donors (Lipinski definition) is 1. The molecular weight excluding hydrogens is 685 g/mol. The Morgan fingerprint density at radius 2 is 1.62 bits per heavy atom. The number of ether oxygens (including phenoxy) is 2. The van der Waals surface area contributed by atoms with Crippen molar-refractivity contribution in [2.75, 3.05) is 0 Å². The van der Waals surface area contributed by atoms with Gasteiger partial charge in [-0.1, -0.05) is 64.5 Å². The molecule has 0 saturated heterocycles. The molecule has 10 heteroatoms. The van der Waals surface area contributed by atoms with E-state index in [1.54, 1.807) is 12.1 Å². The van der Waals surface area contributed by atoms with Gasteiger partial charge < -0.3 is 14.8 Å². The summed E-state index contributed by atoms with van der Waals surface area (Å²) in [4.78, 5) is 33.2. The van der Waals surface area contributed by atoms with Gasteiger partial charge in [0.1, 0.15) is 17.5 Å². The number of para-hydroxylation sites is 1. The van der Waals surface area contributed by atoms with Crippen LogP contribution in [-0.4, -0.2) is 40.3 Å².